The smallest absolute Gasteiger partial charge is 0.243 e. The fraction of sp³-hybridized carbons (Fsp3) is 0.500. The molecule has 0 bridgehead atoms. The van der Waals surface area contributed by atoms with Gasteiger partial charge >= 0.3 is 0 Å². The molecule has 0 aromatic heterocycles. The Morgan fingerprint density at radius 2 is 1.64 bits per heavy atom. The average molecular weight is 510 g/mol. The van der Waals surface area contributed by atoms with Gasteiger partial charge in [0, 0.05) is 49.4 Å². The summed E-state index contributed by atoms with van der Waals surface area (Å²) in [6.07, 6.45) is 5.66. The van der Waals surface area contributed by atoms with Gasteiger partial charge in [0.15, 0.2) is 0 Å². The lowest BCUT2D eigenvalue weighted by molar-refractivity contribution is -0.125. The fourth-order valence-electron chi connectivity index (χ4n) is 5.62. The predicted molar refractivity (Wildman–Crippen MR) is 140 cm³/mol. The summed E-state index contributed by atoms with van der Waals surface area (Å²) in [7, 11) is -3.67. The third kappa shape index (κ3) is 4.68. The van der Waals surface area contributed by atoms with Crippen LogP contribution in [0, 0.1) is 11.8 Å². The molecule has 5 rings (SSSR count). The standard InChI is InChI=1S/C28H35N3O4S/c1-2-30(24-11-4-3-5-12-24)27(32)22-15-18-29(19-16-22)36(34,35)25-13-14-26-23(20-25)10-7-17-31(26)28(33)21-8-6-9-21/h3-5,11-14,20-22H,2,6-10,15-19H2,1H3. The normalized spacial score (nSPS) is 19.4. The number of piperidine rings is 1. The molecule has 7 nitrogen and oxygen atoms in total. The summed E-state index contributed by atoms with van der Waals surface area (Å²) in [6, 6.07) is 14.8. The Bertz CT molecular complexity index is 1220. The van der Waals surface area contributed by atoms with Crippen molar-refractivity contribution in [2.75, 3.05) is 36.0 Å². The topological polar surface area (TPSA) is 78.0 Å². The van der Waals surface area contributed by atoms with Crippen molar-refractivity contribution < 1.29 is 18.0 Å². The van der Waals surface area contributed by atoms with Crippen LogP contribution in [0.5, 0.6) is 0 Å². The summed E-state index contributed by atoms with van der Waals surface area (Å²) >= 11 is 0. The molecule has 2 amide bonds. The van der Waals surface area contributed by atoms with E-state index in [1.54, 1.807) is 17.0 Å². The summed E-state index contributed by atoms with van der Waals surface area (Å²) < 4.78 is 28.5. The van der Waals surface area contributed by atoms with Crippen LogP contribution in [-0.2, 0) is 26.0 Å². The summed E-state index contributed by atoms with van der Waals surface area (Å²) in [6.45, 7) is 3.90. The highest BCUT2D eigenvalue weighted by atomic mass is 32.2. The van der Waals surface area contributed by atoms with Gasteiger partial charge in [0.1, 0.15) is 0 Å². The zero-order valence-electron chi connectivity index (χ0n) is 20.9. The second-order valence-corrected chi connectivity index (χ2v) is 12.0. The van der Waals surface area contributed by atoms with Crippen molar-refractivity contribution in [2.24, 2.45) is 11.8 Å². The van der Waals surface area contributed by atoms with Crippen molar-refractivity contribution in [3.8, 4) is 0 Å². The van der Waals surface area contributed by atoms with E-state index >= 15 is 0 Å². The molecule has 1 saturated heterocycles. The maximum absolute atomic E-state index is 13.5. The summed E-state index contributed by atoms with van der Waals surface area (Å²) in [5, 5.41) is 0. The maximum Gasteiger partial charge on any atom is 0.243 e. The van der Waals surface area contributed by atoms with Crippen LogP contribution >= 0.6 is 0 Å². The highest BCUT2D eigenvalue weighted by Gasteiger charge is 2.36. The number of fused-ring (bicyclic) bond motifs is 1. The molecule has 2 aliphatic heterocycles. The van der Waals surface area contributed by atoms with Gasteiger partial charge in [-0.3, -0.25) is 9.59 Å². The number of para-hydroxylation sites is 1. The van der Waals surface area contributed by atoms with Crippen molar-refractivity contribution in [1.29, 1.82) is 0 Å². The van der Waals surface area contributed by atoms with E-state index in [0.29, 0.717) is 39.0 Å². The van der Waals surface area contributed by atoms with Crippen molar-refractivity contribution in [1.82, 2.24) is 4.31 Å². The number of carbonyl (C=O) groups is 2. The van der Waals surface area contributed by atoms with Crippen LogP contribution in [0.2, 0.25) is 0 Å². The van der Waals surface area contributed by atoms with Crippen molar-refractivity contribution >= 4 is 33.2 Å². The molecule has 2 heterocycles. The van der Waals surface area contributed by atoms with Gasteiger partial charge in [0.25, 0.3) is 0 Å². The Hall–Kier alpha value is -2.71. The SMILES string of the molecule is CCN(C(=O)C1CCN(S(=O)(=O)c2ccc3c(c2)CCCN3C(=O)C2CCC2)CC1)c1ccccc1. The summed E-state index contributed by atoms with van der Waals surface area (Å²) in [4.78, 5) is 30.0. The van der Waals surface area contributed by atoms with E-state index in [9.17, 15) is 18.0 Å². The first kappa shape index (κ1) is 25.0. The van der Waals surface area contributed by atoms with Crippen LogP contribution in [-0.4, -0.2) is 50.7 Å². The number of sulfonamides is 1. The van der Waals surface area contributed by atoms with Gasteiger partial charge in [-0.05, 0) is 81.3 Å². The van der Waals surface area contributed by atoms with Gasteiger partial charge in [-0.1, -0.05) is 24.6 Å². The van der Waals surface area contributed by atoms with Crippen LogP contribution < -0.4 is 9.80 Å². The number of hydrogen-bond donors (Lipinski definition) is 0. The highest BCUT2D eigenvalue weighted by Crippen LogP contribution is 2.36. The Morgan fingerprint density at radius 3 is 2.28 bits per heavy atom. The highest BCUT2D eigenvalue weighted by molar-refractivity contribution is 7.89. The summed E-state index contributed by atoms with van der Waals surface area (Å²) in [5.74, 6) is 0.173. The Labute approximate surface area is 214 Å². The van der Waals surface area contributed by atoms with E-state index in [4.69, 9.17) is 0 Å². The number of aryl methyl sites for hydroxylation is 1. The number of hydrogen-bond acceptors (Lipinski definition) is 4. The number of carbonyl (C=O) groups excluding carboxylic acids is 2. The molecule has 2 aromatic rings. The van der Waals surface area contributed by atoms with Gasteiger partial charge < -0.3 is 9.80 Å². The quantitative estimate of drug-likeness (QED) is 0.584. The molecule has 0 N–H and O–H groups in total. The molecule has 0 unspecified atom stereocenters. The van der Waals surface area contributed by atoms with E-state index in [1.807, 2.05) is 48.2 Å². The first-order valence-electron chi connectivity index (χ1n) is 13.2. The Balaban J connectivity index is 1.27. The minimum atomic E-state index is -3.67. The molecule has 8 heteroatoms. The van der Waals surface area contributed by atoms with E-state index in [-0.39, 0.29) is 28.5 Å². The van der Waals surface area contributed by atoms with Crippen LogP contribution in [0.25, 0.3) is 0 Å². The second kappa shape index (κ2) is 10.3. The number of amides is 2. The number of benzene rings is 2. The predicted octanol–water partition coefficient (Wildman–Crippen LogP) is 4.22. The minimum absolute atomic E-state index is 0.0609. The zero-order valence-corrected chi connectivity index (χ0v) is 21.8. The van der Waals surface area contributed by atoms with Gasteiger partial charge in [-0.25, -0.2) is 8.42 Å². The molecule has 1 aliphatic carbocycles. The lowest BCUT2D eigenvalue weighted by atomic mass is 9.83. The Morgan fingerprint density at radius 1 is 0.917 bits per heavy atom. The first-order valence-corrected chi connectivity index (χ1v) is 14.6. The molecule has 1 saturated carbocycles. The molecular formula is C28H35N3O4S. The van der Waals surface area contributed by atoms with Gasteiger partial charge in [-0.15, -0.1) is 0 Å². The third-order valence-electron chi connectivity index (χ3n) is 7.98. The molecule has 192 valence electrons. The van der Waals surface area contributed by atoms with Gasteiger partial charge in [-0.2, -0.15) is 4.31 Å². The van der Waals surface area contributed by atoms with Crippen LogP contribution in [0.3, 0.4) is 0 Å². The fourth-order valence-corrected chi connectivity index (χ4v) is 7.15. The lowest BCUT2D eigenvalue weighted by Gasteiger charge is -2.36. The minimum Gasteiger partial charge on any atom is -0.312 e. The monoisotopic (exact) mass is 509 g/mol. The lowest BCUT2D eigenvalue weighted by Crippen LogP contribution is -2.44. The van der Waals surface area contributed by atoms with E-state index in [0.717, 1.165) is 49.0 Å². The largest absolute Gasteiger partial charge is 0.312 e. The van der Waals surface area contributed by atoms with Crippen molar-refractivity contribution in [3.05, 3.63) is 54.1 Å². The van der Waals surface area contributed by atoms with E-state index in [2.05, 4.69) is 0 Å². The van der Waals surface area contributed by atoms with Crippen LogP contribution in [0.4, 0.5) is 11.4 Å². The molecular weight excluding hydrogens is 474 g/mol. The van der Waals surface area contributed by atoms with Crippen molar-refractivity contribution in [3.63, 3.8) is 0 Å². The number of rotatable bonds is 6. The third-order valence-corrected chi connectivity index (χ3v) is 9.88. The van der Waals surface area contributed by atoms with E-state index < -0.39 is 10.0 Å². The molecule has 2 aromatic carbocycles. The molecule has 0 spiro atoms. The molecule has 36 heavy (non-hydrogen) atoms. The zero-order chi connectivity index (χ0) is 25.3. The van der Waals surface area contributed by atoms with Crippen LogP contribution in [0.15, 0.2) is 53.4 Å². The number of nitrogens with zero attached hydrogens (tertiary/aromatic N) is 3. The average Bonchev–Trinajstić information content (AvgIpc) is 2.88. The van der Waals surface area contributed by atoms with Crippen molar-refractivity contribution in [2.45, 2.75) is 56.8 Å². The van der Waals surface area contributed by atoms with Gasteiger partial charge in [0.05, 0.1) is 4.90 Å². The Kier molecular flexibility index (Phi) is 7.17. The van der Waals surface area contributed by atoms with E-state index in [1.165, 1.54) is 4.31 Å². The first-order chi connectivity index (χ1) is 17.4. The molecule has 0 atom stereocenters. The number of anilines is 2. The van der Waals surface area contributed by atoms with Crippen LogP contribution in [0.1, 0.15) is 51.0 Å². The second-order valence-electron chi connectivity index (χ2n) is 10.1. The molecule has 2 fully saturated rings. The van der Waals surface area contributed by atoms with Gasteiger partial charge in [0.2, 0.25) is 21.8 Å². The molecule has 3 aliphatic rings. The maximum atomic E-state index is 13.5. The molecule has 0 radical (unpaired) electrons. The summed E-state index contributed by atoms with van der Waals surface area (Å²) in [5.41, 5.74) is 2.67.